The lowest BCUT2D eigenvalue weighted by molar-refractivity contribution is -0.137. The van der Waals surface area contributed by atoms with Gasteiger partial charge in [-0.25, -0.2) is 8.42 Å². The molecule has 1 aliphatic carbocycles. The molecule has 2 aromatic rings. The normalized spacial score (nSPS) is 23.0. The molecule has 0 aromatic heterocycles. The Morgan fingerprint density at radius 1 is 0.925 bits per heavy atom. The van der Waals surface area contributed by atoms with Crippen LogP contribution in [0.25, 0.3) is 0 Å². The smallest absolute Gasteiger partial charge is 0.349 e. The second-order valence-corrected chi connectivity index (χ2v) is 13.3. The third kappa shape index (κ3) is 6.71. The second kappa shape index (κ2) is 12.2. The lowest BCUT2D eigenvalue weighted by Gasteiger charge is -2.35. The van der Waals surface area contributed by atoms with Gasteiger partial charge in [-0.3, -0.25) is 9.69 Å². The molecule has 6 nitrogen and oxygen atoms in total. The SMILES string of the molecule is O=C(CC1CCCCN1S(=O)(=O)c1cccc(C(F)(F)F)c1)NC1CCCc2cc(CN3CCCCC3)ccc21. The zero-order chi connectivity index (χ0) is 28.3. The van der Waals surface area contributed by atoms with Crippen LogP contribution in [-0.2, 0) is 34.0 Å². The van der Waals surface area contributed by atoms with E-state index in [1.165, 1.54) is 40.8 Å². The van der Waals surface area contributed by atoms with Crippen molar-refractivity contribution in [2.24, 2.45) is 0 Å². The zero-order valence-electron chi connectivity index (χ0n) is 22.8. The molecular formula is C30H38F3N3O3S. The van der Waals surface area contributed by atoms with E-state index in [-0.39, 0.29) is 24.9 Å². The number of amides is 1. The third-order valence-electron chi connectivity index (χ3n) is 8.47. The van der Waals surface area contributed by atoms with Crippen molar-refractivity contribution < 1.29 is 26.4 Å². The van der Waals surface area contributed by atoms with Crippen LogP contribution in [0.1, 0.15) is 86.1 Å². The van der Waals surface area contributed by atoms with Crippen LogP contribution in [0.5, 0.6) is 0 Å². The van der Waals surface area contributed by atoms with Crippen molar-refractivity contribution in [2.45, 2.75) is 93.9 Å². The minimum Gasteiger partial charge on any atom is -0.349 e. The minimum absolute atomic E-state index is 0.0168. The molecule has 2 heterocycles. The van der Waals surface area contributed by atoms with E-state index < -0.39 is 32.7 Å². The maximum absolute atomic E-state index is 13.4. The first-order valence-electron chi connectivity index (χ1n) is 14.4. The molecule has 0 bridgehead atoms. The van der Waals surface area contributed by atoms with Crippen LogP contribution in [0.4, 0.5) is 13.2 Å². The molecule has 10 heteroatoms. The largest absolute Gasteiger partial charge is 0.416 e. The molecule has 218 valence electrons. The first-order valence-corrected chi connectivity index (χ1v) is 15.9. The number of alkyl halides is 3. The maximum atomic E-state index is 13.4. The van der Waals surface area contributed by atoms with Gasteiger partial charge >= 0.3 is 6.18 Å². The number of rotatable bonds is 7. The number of hydrogen-bond donors (Lipinski definition) is 1. The van der Waals surface area contributed by atoms with Gasteiger partial charge < -0.3 is 5.32 Å². The zero-order valence-corrected chi connectivity index (χ0v) is 23.6. The molecule has 0 radical (unpaired) electrons. The third-order valence-corrected chi connectivity index (χ3v) is 10.4. The Balaban J connectivity index is 1.26. The van der Waals surface area contributed by atoms with Gasteiger partial charge in [0, 0.05) is 25.6 Å². The maximum Gasteiger partial charge on any atom is 0.416 e. The number of nitrogens with zero attached hydrogens (tertiary/aromatic N) is 2. The number of hydrogen-bond acceptors (Lipinski definition) is 4. The fraction of sp³-hybridized carbons (Fsp3) is 0.567. The Kier molecular flexibility index (Phi) is 8.87. The van der Waals surface area contributed by atoms with Crippen LogP contribution in [0.15, 0.2) is 47.4 Å². The topological polar surface area (TPSA) is 69.7 Å². The van der Waals surface area contributed by atoms with Crippen LogP contribution in [0, 0.1) is 0 Å². The Morgan fingerprint density at radius 2 is 1.70 bits per heavy atom. The number of fused-ring (bicyclic) bond motifs is 1. The first-order chi connectivity index (χ1) is 19.1. The van der Waals surface area contributed by atoms with Gasteiger partial charge in [-0.1, -0.05) is 37.1 Å². The number of nitrogens with one attached hydrogen (secondary N) is 1. The highest BCUT2D eigenvalue weighted by molar-refractivity contribution is 7.89. The average molecular weight is 578 g/mol. The predicted octanol–water partition coefficient (Wildman–Crippen LogP) is 5.82. The number of likely N-dealkylation sites (tertiary alicyclic amines) is 1. The summed E-state index contributed by atoms with van der Waals surface area (Å²) in [6.45, 7) is 3.40. The second-order valence-electron chi connectivity index (χ2n) is 11.4. The summed E-state index contributed by atoms with van der Waals surface area (Å²) in [5.41, 5.74) is 2.68. The van der Waals surface area contributed by atoms with E-state index in [2.05, 4.69) is 28.4 Å². The summed E-state index contributed by atoms with van der Waals surface area (Å²) in [4.78, 5) is 15.3. The van der Waals surface area contributed by atoms with Gasteiger partial charge in [-0.2, -0.15) is 17.5 Å². The van der Waals surface area contributed by atoms with E-state index >= 15 is 0 Å². The molecule has 2 fully saturated rings. The molecule has 2 saturated heterocycles. The minimum atomic E-state index is -4.64. The van der Waals surface area contributed by atoms with Gasteiger partial charge in [0.1, 0.15) is 0 Å². The molecule has 1 N–H and O–H groups in total. The van der Waals surface area contributed by atoms with E-state index in [0.29, 0.717) is 18.9 Å². The number of sulfonamides is 1. The van der Waals surface area contributed by atoms with Crippen LogP contribution in [0.3, 0.4) is 0 Å². The highest BCUT2D eigenvalue weighted by Gasteiger charge is 2.37. The van der Waals surface area contributed by atoms with Gasteiger partial charge in [-0.05, 0) is 92.9 Å². The molecule has 2 unspecified atom stereocenters. The number of benzene rings is 2. The van der Waals surface area contributed by atoms with Crippen LogP contribution < -0.4 is 5.32 Å². The summed E-state index contributed by atoms with van der Waals surface area (Å²) in [6, 6.07) is 9.67. The molecular weight excluding hydrogens is 539 g/mol. The summed E-state index contributed by atoms with van der Waals surface area (Å²) in [5.74, 6) is -0.230. The first kappa shape index (κ1) is 29.1. The standard InChI is InChI=1S/C30H38F3N3O3S/c31-30(32,33)24-9-7-11-26(19-24)40(38,39)36-17-5-2-10-25(36)20-29(37)34-28-12-6-8-23-18-22(13-14-27(23)28)21-35-15-3-1-4-16-35/h7,9,11,13-14,18-19,25,28H,1-6,8,10,12,15-17,20-21H2,(H,34,37). The van der Waals surface area contributed by atoms with Gasteiger partial charge in [0.05, 0.1) is 16.5 Å². The molecule has 0 spiro atoms. The Hall–Kier alpha value is -2.43. The van der Waals surface area contributed by atoms with E-state index in [9.17, 15) is 26.4 Å². The molecule has 2 aromatic carbocycles. The number of carbonyl (C=O) groups is 1. The van der Waals surface area contributed by atoms with Crippen molar-refractivity contribution in [3.05, 3.63) is 64.7 Å². The number of carbonyl (C=O) groups excluding carboxylic acids is 1. The number of halogens is 3. The van der Waals surface area contributed by atoms with E-state index in [4.69, 9.17) is 0 Å². The van der Waals surface area contributed by atoms with Crippen LogP contribution in [-0.4, -0.2) is 49.2 Å². The molecule has 2 atom stereocenters. The molecule has 3 aliphatic rings. The van der Waals surface area contributed by atoms with Gasteiger partial charge in [0.2, 0.25) is 15.9 Å². The summed E-state index contributed by atoms with van der Waals surface area (Å²) in [7, 11) is -4.19. The van der Waals surface area contributed by atoms with Crippen molar-refractivity contribution in [1.29, 1.82) is 0 Å². The highest BCUT2D eigenvalue weighted by Crippen LogP contribution is 2.34. The van der Waals surface area contributed by atoms with Crippen molar-refractivity contribution in [3.8, 4) is 0 Å². The molecule has 0 saturated carbocycles. The van der Waals surface area contributed by atoms with Crippen molar-refractivity contribution in [2.75, 3.05) is 19.6 Å². The molecule has 40 heavy (non-hydrogen) atoms. The van der Waals surface area contributed by atoms with Crippen LogP contribution in [0.2, 0.25) is 0 Å². The molecule has 5 rings (SSSR count). The quantitative estimate of drug-likeness (QED) is 0.451. The predicted molar refractivity (Wildman–Crippen MR) is 147 cm³/mol. The van der Waals surface area contributed by atoms with Gasteiger partial charge in [0.15, 0.2) is 0 Å². The lowest BCUT2D eigenvalue weighted by atomic mass is 9.86. The highest BCUT2D eigenvalue weighted by atomic mass is 32.2. The summed E-state index contributed by atoms with van der Waals surface area (Å²) in [6.07, 6.45) is 3.76. The Labute approximate surface area is 235 Å². The monoisotopic (exact) mass is 577 g/mol. The van der Waals surface area contributed by atoms with Crippen LogP contribution >= 0.6 is 0 Å². The van der Waals surface area contributed by atoms with E-state index in [0.717, 1.165) is 63.0 Å². The fourth-order valence-corrected chi connectivity index (χ4v) is 8.16. The van der Waals surface area contributed by atoms with Gasteiger partial charge in [-0.15, -0.1) is 0 Å². The summed E-state index contributed by atoms with van der Waals surface area (Å²) < 4.78 is 67.8. The fourth-order valence-electron chi connectivity index (χ4n) is 6.42. The Morgan fingerprint density at radius 3 is 2.48 bits per heavy atom. The lowest BCUT2D eigenvalue weighted by Crippen LogP contribution is -2.46. The summed E-state index contributed by atoms with van der Waals surface area (Å²) in [5, 5.41) is 3.14. The average Bonchev–Trinajstić information content (AvgIpc) is 2.93. The summed E-state index contributed by atoms with van der Waals surface area (Å²) >= 11 is 0. The number of piperidine rings is 2. The van der Waals surface area contributed by atoms with Crippen molar-refractivity contribution in [3.63, 3.8) is 0 Å². The van der Waals surface area contributed by atoms with E-state index in [1.54, 1.807) is 0 Å². The van der Waals surface area contributed by atoms with E-state index in [1.807, 2.05) is 0 Å². The molecule has 2 aliphatic heterocycles. The van der Waals surface area contributed by atoms with Gasteiger partial charge in [0.25, 0.3) is 0 Å². The molecule has 1 amide bonds. The number of aryl methyl sites for hydroxylation is 1. The Bertz CT molecular complexity index is 1310. The van der Waals surface area contributed by atoms with Crippen molar-refractivity contribution >= 4 is 15.9 Å². The van der Waals surface area contributed by atoms with Crippen molar-refractivity contribution in [1.82, 2.24) is 14.5 Å².